The molecule has 0 saturated carbocycles. The minimum Gasteiger partial charge on any atom is -0.302 e. The maximum atomic E-state index is 12.2. The predicted octanol–water partition coefficient (Wildman–Crippen LogP) is 2.19. The van der Waals surface area contributed by atoms with Gasteiger partial charge < -0.3 is 4.90 Å². The Bertz CT molecular complexity index is 477. The van der Waals surface area contributed by atoms with Crippen LogP contribution in [-0.2, 0) is 0 Å². The minimum absolute atomic E-state index is 0. The smallest absolute Gasteiger partial charge is 0.261 e. The molecule has 0 aromatic heterocycles. The number of imide groups is 1. The summed E-state index contributed by atoms with van der Waals surface area (Å²) in [6.07, 6.45) is 3.74. The zero-order valence-corrected chi connectivity index (χ0v) is 12.2. The Hall–Kier alpha value is -1.39. The number of benzene rings is 1. The van der Waals surface area contributed by atoms with Gasteiger partial charge in [0.25, 0.3) is 11.8 Å². The Morgan fingerprint density at radius 3 is 1.95 bits per heavy atom. The molecule has 5 heteroatoms. The third-order valence-electron chi connectivity index (χ3n) is 3.97. The Labute approximate surface area is 125 Å². The van der Waals surface area contributed by atoms with E-state index in [2.05, 4.69) is 4.90 Å². The van der Waals surface area contributed by atoms with Crippen LogP contribution in [0.3, 0.4) is 0 Å². The maximum Gasteiger partial charge on any atom is 0.261 e. The molecule has 2 amide bonds. The van der Waals surface area contributed by atoms with E-state index in [4.69, 9.17) is 0 Å². The number of nitrogens with zero attached hydrogens (tertiary/aromatic N) is 2. The molecular weight excluding hydrogens is 276 g/mol. The van der Waals surface area contributed by atoms with Crippen molar-refractivity contribution in [3.05, 3.63) is 35.4 Å². The summed E-state index contributed by atoms with van der Waals surface area (Å²) >= 11 is 0. The van der Waals surface area contributed by atoms with Gasteiger partial charge in [0, 0.05) is 13.1 Å². The lowest BCUT2D eigenvalue weighted by molar-refractivity contribution is 0.0631. The minimum atomic E-state index is -0.141. The van der Waals surface area contributed by atoms with Gasteiger partial charge in [0.1, 0.15) is 0 Å². The van der Waals surface area contributed by atoms with E-state index in [1.807, 2.05) is 0 Å². The van der Waals surface area contributed by atoms with Gasteiger partial charge in [0.05, 0.1) is 11.1 Å². The zero-order valence-electron chi connectivity index (χ0n) is 11.4. The van der Waals surface area contributed by atoms with Gasteiger partial charge in [-0.05, 0) is 38.1 Å². The summed E-state index contributed by atoms with van der Waals surface area (Å²) in [5, 5.41) is 0. The molecule has 20 heavy (non-hydrogen) atoms. The van der Waals surface area contributed by atoms with Gasteiger partial charge in [-0.25, -0.2) is 0 Å². The molecule has 0 atom stereocenters. The molecule has 1 aromatic rings. The van der Waals surface area contributed by atoms with Gasteiger partial charge in [0.2, 0.25) is 0 Å². The van der Waals surface area contributed by atoms with Crippen LogP contribution in [0.25, 0.3) is 0 Å². The fourth-order valence-corrected chi connectivity index (χ4v) is 2.87. The number of likely N-dealkylation sites (tertiary alicyclic amines) is 1. The van der Waals surface area contributed by atoms with Gasteiger partial charge in [-0.2, -0.15) is 0 Å². The summed E-state index contributed by atoms with van der Waals surface area (Å²) in [5.74, 6) is -0.282. The van der Waals surface area contributed by atoms with Crippen molar-refractivity contribution in [2.45, 2.75) is 19.3 Å². The quantitative estimate of drug-likeness (QED) is 0.803. The molecule has 2 heterocycles. The number of piperidine rings is 1. The predicted molar refractivity (Wildman–Crippen MR) is 79.3 cm³/mol. The first kappa shape index (κ1) is 15.0. The Morgan fingerprint density at radius 2 is 1.40 bits per heavy atom. The van der Waals surface area contributed by atoms with Gasteiger partial charge in [-0.1, -0.05) is 18.6 Å². The fraction of sp³-hybridized carbons (Fsp3) is 0.467. The summed E-state index contributed by atoms with van der Waals surface area (Å²) in [7, 11) is 0. The van der Waals surface area contributed by atoms with Crippen molar-refractivity contribution in [3.8, 4) is 0 Å². The third-order valence-corrected chi connectivity index (χ3v) is 3.97. The van der Waals surface area contributed by atoms with Crippen molar-refractivity contribution < 1.29 is 9.59 Å². The molecule has 0 bridgehead atoms. The van der Waals surface area contributed by atoms with E-state index in [9.17, 15) is 9.59 Å². The second-order valence-corrected chi connectivity index (χ2v) is 5.21. The van der Waals surface area contributed by atoms with E-state index in [1.54, 1.807) is 24.3 Å². The van der Waals surface area contributed by atoms with E-state index >= 15 is 0 Å². The van der Waals surface area contributed by atoms with Crippen molar-refractivity contribution in [1.29, 1.82) is 0 Å². The summed E-state index contributed by atoms with van der Waals surface area (Å²) in [4.78, 5) is 28.1. The largest absolute Gasteiger partial charge is 0.302 e. The van der Waals surface area contributed by atoms with Gasteiger partial charge in [0.15, 0.2) is 0 Å². The van der Waals surface area contributed by atoms with Crippen LogP contribution in [0, 0.1) is 0 Å². The first-order chi connectivity index (χ1) is 9.27. The van der Waals surface area contributed by atoms with Gasteiger partial charge >= 0.3 is 0 Å². The number of carbonyl (C=O) groups is 2. The number of fused-ring (bicyclic) bond motifs is 1. The molecule has 1 aromatic carbocycles. The van der Waals surface area contributed by atoms with Crippen molar-refractivity contribution in [2.24, 2.45) is 0 Å². The average molecular weight is 295 g/mol. The molecule has 0 radical (unpaired) electrons. The lowest BCUT2D eigenvalue weighted by Crippen LogP contribution is -2.40. The SMILES string of the molecule is Cl.O=C1c2ccccc2C(=O)N1CCN1CCCCC1. The average Bonchev–Trinajstić information content (AvgIpc) is 2.71. The maximum absolute atomic E-state index is 12.2. The summed E-state index contributed by atoms with van der Waals surface area (Å²) in [6.45, 7) is 3.48. The Kier molecular flexibility index (Phi) is 4.78. The molecule has 0 unspecified atom stereocenters. The van der Waals surface area contributed by atoms with Crippen molar-refractivity contribution >= 4 is 24.2 Å². The van der Waals surface area contributed by atoms with E-state index < -0.39 is 0 Å². The Balaban J connectivity index is 0.00000147. The van der Waals surface area contributed by atoms with Crippen LogP contribution in [0.5, 0.6) is 0 Å². The fourth-order valence-electron chi connectivity index (χ4n) is 2.87. The first-order valence-electron chi connectivity index (χ1n) is 6.95. The second kappa shape index (κ2) is 6.37. The topological polar surface area (TPSA) is 40.6 Å². The van der Waals surface area contributed by atoms with Crippen molar-refractivity contribution in [3.63, 3.8) is 0 Å². The van der Waals surface area contributed by atoms with Crippen LogP contribution in [0.2, 0.25) is 0 Å². The van der Waals surface area contributed by atoms with Crippen LogP contribution in [0.1, 0.15) is 40.0 Å². The van der Waals surface area contributed by atoms with Crippen LogP contribution < -0.4 is 0 Å². The normalized spacial score (nSPS) is 18.9. The molecule has 1 fully saturated rings. The molecule has 3 rings (SSSR count). The number of rotatable bonds is 3. The molecule has 108 valence electrons. The highest BCUT2D eigenvalue weighted by molar-refractivity contribution is 6.21. The van der Waals surface area contributed by atoms with Crippen LogP contribution in [0.4, 0.5) is 0 Å². The highest BCUT2D eigenvalue weighted by Crippen LogP contribution is 2.22. The number of hydrogen-bond donors (Lipinski definition) is 0. The first-order valence-corrected chi connectivity index (χ1v) is 6.95. The lowest BCUT2D eigenvalue weighted by atomic mass is 10.1. The molecule has 4 nitrogen and oxygen atoms in total. The van der Waals surface area contributed by atoms with E-state index in [0.717, 1.165) is 19.6 Å². The molecule has 0 aliphatic carbocycles. The molecule has 0 N–H and O–H groups in total. The van der Waals surface area contributed by atoms with E-state index in [0.29, 0.717) is 17.7 Å². The summed E-state index contributed by atoms with van der Waals surface area (Å²) in [5.41, 5.74) is 1.09. The summed E-state index contributed by atoms with van der Waals surface area (Å²) < 4.78 is 0. The van der Waals surface area contributed by atoms with Crippen LogP contribution in [-0.4, -0.2) is 47.8 Å². The second-order valence-electron chi connectivity index (χ2n) is 5.21. The molecule has 0 spiro atoms. The van der Waals surface area contributed by atoms with Crippen LogP contribution in [0.15, 0.2) is 24.3 Å². The van der Waals surface area contributed by atoms with Crippen molar-refractivity contribution in [1.82, 2.24) is 9.80 Å². The molecule has 1 saturated heterocycles. The zero-order chi connectivity index (χ0) is 13.2. The highest BCUT2D eigenvalue weighted by atomic mass is 35.5. The van der Waals surface area contributed by atoms with Crippen LogP contribution >= 0.6 is 12.4 Å². The number of amides is 2. The lowest BCUT2D eigenvalue weighted by Gasteiger charge is -2.27. The third kappa shape index (κ3) is 2.72. The monoisotopic (exact) mass is 294 g/mol. The number of carbonyl (C=O) groups excluding carboxylic acids is 2. The standard InChI is InChI=1S/C15H18N2O2.ClH/c18-14-12-6-2-3-7-13(12)15(19)17(14)11-10-16-8-4-1-5-9-16;/h2-3,6-7H,1,4-5,8-11H2;1H. The number of halogens is 1. The van der Waals surface area contributed by atoms with E-state index in [-0.39, 0.29) is 24.2 Å². The van der Waals surface area contributed by atoms with Crippen molar-refractivity contribution in [2.75, 3.05) is 26.2 Å². The molecular formula is C15H19ClN2O2. The van der Waals surface area contributed by atoms with E-state index in [1.165, 1.54) is 24.2 Å². The molecule has 2 aliphatic heterocycles. The van der Waals surface area contributed by atoms with Gasteiger partial charge in [-0.3, -0.25) is 14.5 Å². The highest BCUT2D eigenvalue weighted by Gasteiger charge is 2.34. The molecule has 2 aliphatic rings. The number of hydrogen-bond acceptors (Lipinski definition) is 3. The van der Waals surface area contributed by atoms with Gasteiger partial charge in [-0.15, -0.1) is 12.4 Å². The summed E-state index contributed by atoms with van der Waals surface area (Å²) in [6, 6.07) is 7.07. The Morgan fingerprint density at radius 1 is 0.850 bits per heavy atom.